The number of alkyl halides is 3. The Hall–Kier alpha value is -3.23. The zero-order valence-corrected chi connectivity index (χ0v) is 13.0. The standard InChI is InChI=1S/C17H11F4N3O2/c18-11-6-7-12-13(9-11)22-16(17(19,20)21)24(15(12)26)23-14(25)8-10-4-2-1-3-5-10/h1-7,9H,8H2,(H,23,25). The first-order valence-corrected chi connectivity index (χ1v) is 7.39. The number of halogens is 4. The van der Waals surface area contributed by atoms with Crippen molar-refractivity contribution in [3.05, 3.63) is 76.1 Å². The first-order valence-electron chi connectivity index (χ1n) is 7.39. The number of nitrogens with zero attached hydrogens (tertiary/aromatic N) is 2. The smallest absolute Gasteiger partial charge is 0.273 e. The van der Waals surface area contributed by atoms with Gasteiger partial charge in [0.2, 0.25) is 11.7 Å². The van der Waals surface area contributed by atoms with E-state index in [-0.39, 0.29) is 16.5 Å². The molecule has 9 heteroatoms. The summed E-state index contributed by atoms with van der Waals surface area (Å²) in [4.78, 5) is 27.8. The molecule has 5 nitrogen and oxygen atoms in total. The molecule has 0 aliphatic heterocycles. The summed E-state index contributed by atoms with van der Waals surface area (Å²) in [6.07, 6.45) is -5.26. The number of hydrogen-bond donors (Lipinski definition) is 1. The molecule has 1 N–H and O–H groups in total. The lowest BCUT2D eigenvalue weighted by Crippen LogP contribution is -2.39. The van der Waals surface area contributed by atoms with Gasteiger partial charge < -0.3 is 0 Å². The molecule has 26 heavy (non-hydrogen) atoms. The number of carbonyl (C=O) groups is 1. The van der Waals surface area contributed by atoms with Gasteiger partial charge in [-0.15, -0.1) is 0 Å². The van der Waals surface area contributed by atoms with E-state index in [1.165, 1.54) is 0 Å². The third-order valence-corrected chi connectivity index (χ3v) is 3.53. The molecule has 3 rings (SSSR count). The monoisotopic (exact) mass is 365 g/mol. The van der Waals surface area contributed by atoms with Crippen LogP contribution in [0.4, 0.5) is 17.6 Å². The van der Waals surface area contributed by atoms with Crippen LogP contribution in [0.15, 0.2) is 53.3 Å². The average Bonchev–Trinajstić information content (AvgIpc) is 2.57. The van der Waals surface area contributed by atoms with E-state index in [1.807, 2.05) is 5.43 Å². The van der Waals surface area contributed by atoms with Crippen molar-refractivity contribution in [1.29, 1.82) is 0 Å². The van der Waals surface area contributed by atoms with Crippen LogP contribution in [0.1, 0.15) is 11.4 Å². The SMILES string of the molecule is O=C(Cc1ccccc1)Nn1c(C(F)(F)F)nc2cc(F)ccc2c1=O. The van der Waals surface area contributed by atoms with Gasteiger partial charge in [-0.05, 0) is 17.7 Å². The van der Waals surface area contributed by atoms with Gasteiger partial charge in [0.15, 0.2) is 0 Å². The second-order valence-electron chi connectivity index (χ2n) is 5.43. The molecule has 0 saturated carbocycles. The number of carbonyl (C=O) groups excluding carboxylic acids is 1. The van der Waals surface area contributed by atoms with Crippen molar-refractivity contribution in [2.45, 2.75) is 12.6 Å². The fourth-order valence-electron chi connectivity index (χ4n) is 2.40. The molecule has 0 radical (unpaired) electrons. The van der Waals surface area contributed by atoms with Crippen LogP contribution >= 0.6 is 0 Å². The lowest BCUT2D eigenvalue weighted by atomic mass is 10.1. The second kappa shape index (κ2) is 6.58. The van der Waals surface area contributed by atoms with Gasteiger partial charge in [-0.1, -0.05) is 30.3 Å². The first kappa shape index (κ1) is 17.6. The van der Waals surface area contributed by atoms with Crippen LogP contribution in [0.2, 0.25) is 0 Å². The molecule has 1 aromatic heterocycles. The topological polar surface area (TPSA) is 64.0 Å². The highest BCUT2D eigenvalue weighted by molar-refractivity contribution is 5.86. The Bertz CT molecular complexity index is 1030. The lowest BCUT2D eigenvalue weighted by molar-refractivity contribution is -0.147. The quantitative estimate of drug-likeness (QED) is 0.726. The molecule has 0 unspecified atom stereocenters. The Morgan fingerprint density at radius 1 is 1.12 bits per heavy atom. The van der Waals surface area contributed by atoms with Crippen LogP contribution in [0.3, 0.4) is 0 Å². The van der Waals surface area contributed by atoms with Crippen molar-refractivity contribution in [1.82, 2.24) is 9.66 Å². The molecule has 0 atom stereocenters. The summed E-state index contributed by atoms with van der Waals surface area (Å²) in [6.45, 7) is 0. The van der Waals surface area contributed by atoms with Gasteiger partial charge in [-0.3, -0.25) is 15.0 Å². The second-order valence-corrected chi connectivity index (χ2v) is 5.43. The molecular weight excluding hydrogens is 354 g/mol. The van der Waals surface area contributed by atoms with Gasteiger partial charge in [0.05, 0.1) is 17.3 Å². The molecule has 0 aliphatic rings. The molecule has 0 saturated heterocycles. The van der Waals surface area contributed by atoms with E-state index in [2.05, 4.69) is 4.98 Å². The van der Waals surface area contributed by atoms with Gasteiger partial charge in [-0.25, -0.2) is 9.37 Å². The maximum Gasteiger partial charge on any atom is 0.451 e. The molecule has 0 fully saturated rings. The minimum Gasteiger partial charge on any atom is -0.273 e. The van der Waals surface area contributed by atoms with Crippen molar-refractivity contribution in [3.63, 3.8) is 0 Å². The van der Waals surface area contributed by atoms with Crippen LogP contribution in [0.25, 0.3) is 10.9 Å². The molecule has 1 heterocycles. The van der Waals surface area contributed by atoms with Gasteiger partial charge >= 0.3 is 6.18 Å². The first-order chi connectivity index (χ1) is 12.3. The molecule has 2 aromatic carbocycles. The number of nitrogens with one attached hydrogen (secondary N) is 1. The van der Waals surface area contributed by atoms with Crippen LogP contribution in [-0.2, 0) is 17.4 Å². The Morgan fingerprint density at radius 2 is 1.81 bits per heavy atom. The van der Waals surface area contributed by atoms with Crippen molar-refractivity contribution in [2.24, 2.45) is 0 Å². The minimum atomic E-state index is -5.03. The third-order valence-electron chi connectivity index (χ3n) is 3.53. The zero-order valence-electron chi connectivity index (χ0n) is 13.0. The van der Waals surface area contributed by atoms with Crippen LogP contribution in [-0.4, -0.2) is 15.6 Å². The van der Waals surface area contributed by atoms with Crippen molar-refractivity contribution in [3.8, 4) is 0 Å². The summed E-state index contributed by atoms with van der Waals surface area (Å²) in [5, 5.41) is -0.251. The number of rotatable bonds is 3. The van der Waals surface area contributed by atoms with Gasteiger partial charge in [-0.2, -0.15) is 17.8 Å². The highest BCUT2D eigenvalue weighted by Crippen LogP contribution is 2.27. The normalized spacial score (nSPS) is 11.5. The molecule has 3 aromatic rings. The van der Waals surface area contributed by atoms with Gasteiger partial charge in [0.25, 0.3) is 5.56 Å². The minimum absolute atomic E-state index is 0.0471. The summed E-state index contributed by atoms with van der Waals surface area (Å²) in [6, 6.07) is 11.0. The number of hydrogen-bond acceptors (Lipinski definition) is 3. The lowest BCUT2D eigenvalue weighted by Gasteiger charge is -2.16. The molecule has 0 bridgehead atoms. The summed E-state index contributed by atoms with van der Waals surface area (Å²) >= 11 is 0. The van der Waals surface area contributed by atoms with Crippen LogP contribution in [0.5, 0.6) is 0 Å². The van der Waals surface area contributed by atoms with E-state index >= 15 is 0 Å². The summed E-state index contributed by atoms with van der Waals surface area (Å²) in [5.41, 5.74) is 0.890. The molecule has 0 aliphatic carbocycles. The Balaban J connectivity index is 2.06. The van der Waals surface area contributed by atoms with E-state index in [0.29, 0.717) is 5.56 Å². The zero-order chi connectivity index (χ0) is 18.9. The van der Waals surface area contributed by atoms with Crippen molar-refractivity contribution < 1.29 is 22.4 Å². The fourth-order valence-corrected chi connectivity index (χ4v) is 2.40. The number of aromatic nitrogens is 2. The summed E-state index contributed by atoms with van der Waals surface area (Å²) in [5.74, 6) is -3.29. The number of fused-ring (bicyclic) bond motifs is 1. The average molecular weight is 365 g/mol. The molecule has 0 spiro atoms. The van der Waals surface area contributed by atoms with Gasteiger partial charge in [0, 0.05) is 6.07 Å². The van der Waals surface area contributed by atoms with Crippen LogP contribution in [0, 0.1) is 5.82 Å². The number of amides is 1. The molecule has 134 valence electrons. The van der Waals surface area contributed by atoms with E-state index in [1.54, 1.807) is 30.3 Å². The predicted molar refractivity (Wildman–Crippen MR) is 85.5 cm³/mol. The highest BCUT2D eigenvalue weighted by atomic mass is 19.4. The van der Waals surface area contributed by atoms with Gasteiger partial charge in [0.1, 0.15) is 5.82 Å². The molecule has 1 amide bonds. The predicted octanol–water partition coefficient (Wildman–Crippen LogP) is 2.87. The third kappa shape index (κ3) is 3.56. The maximum atomic E-state index is 13.3. The molecular formula is C17H11F4N3O2. The van der Waals surface area contributed by atoms with E-state index < -0.39 is 34.8 Å². The van der Waals surface area contributed by atoms with Crippen molar-refractivity contribution in [2.75, 3.05) is 5.43 Å². The Morgan fingerprint density at radius 3 is 2.46 bits per heavy atom. The largest absolute Gasteiger partial charge is 0.451 e. The Labute approximate surface area is 143 Å². The highest BCUT2D eigenvalue weighted by Gasteiger charge is 2.38. The summed E-state index contributed by atoms with van der Waals surface area (Å²) in [7, 11) is 0. The Kier molecular flexibility index (Phi) is 4.45. The number of benzene rings is 2. The van der Waals surface area contributed by atoms with E-state index in [4.69, 9.17) is 0 Å². The van der Waals surface area contributed by atoms with E-state index in [0.717, 1.165) is 18.2 Å². The summed E-state index contributed by atoms with van der Waals surface area (Å²) < 4.78 is 53.1. The maximum absolute atomic E-state index is 13.3. The van der Waals surface area contributed by atoms with Crippen molar-refractivity contribution >= 4 is 16.8 Å². The van der Waals surface area contributed by atoms with Crippen LogP contribution < -0.4 is 11.0 Å². The van der Waals surface area contributed by atoms with E-state index in [9.17, 15) is 27.2 Å². The fraction of sp³-hybridized carbons (Fsp3) is 0.118.